The summed E-state index contributed by atoms with van der Waals surface area (Å²) >= 11 is 1.38. The first-order valence-electron chi connectivity index (χ1n) is 8.51. The highest BCUT2D eigenvalue weighted by Gasteiger charge is 2.16. The number of carbonyl (C=O) groups excluding carboxylic acids is 1. The second-order valence-electron chi connectivity index (χ2n) is 6.04. The van der Waals surface area contributed by atoms with Crippen LogP contribution in [0.3, 0.4) is 0 Å². The minimum Gasteiger partial charge on any atom is -0.497 e. The molecule has 0 saturated carbocycles. The van der Waals surface area contributed by atoms with Gasteiger partial charge in [0.2, 0.25) is 5.13 Å². The standard InChI is InChI=1S/C20H21N3O3S/c1-13(14-7-5-4-6-8-14)11-18-22-23-20(27-18)21-19(24)16-10-9-15(25-2)12-17(16)26-3/h4-10,12-13H,11H2,1-3H3,(H,21,23,24)/t13-/m0/s1. The molecule has 1 amide bonds. The van der Waals surface area contributed by atoms with Crippen LogP contribution in [0, 0.1) is 0 Å². The SMILES string of the molecule is COc1ccc(C(=O)Nc2nnc(C[C@H](C)c3ccccc3)s2)c(OC)c1. The van der Waals surface area contributed by atoms with Gasteiger partial charge in [0, 0.05) is 12.5 Å². The molecule has 0 bridgehead atoms. The molecule has 0 aliphatic heterocycles. The number of nitrogens with one attached hydrogen (secondary N) is 1. The van der Waals surface area contributed by atoms with Crippen molar-refractivity contribution in [2.75, 3.05) is 19.5 Å². The molecule has 0 fully saturated rings. The number of benzene rings is 2. The van der Waals surface area contributed by atoms with E-state index in [1.165, 1.54) is 24.0 Å². The van der Waals surface area contributed by atoms with Crippen molar-refractivity contribution in [1.82, 2.24) is 10.2 Å². The number of nitrogens with zero attached hydrogens (tertiary/aromatic N) is 2. The van der Waals surface area contributed by atoms with Gasteiger partial charge in [-0.2, -0.15) is 0 Å². The Kier molecular flexibility index (Phi) is 6.03. The lowest BCUT2D eigenvalue weighted by Crippen LogP contribution is -2.13. The molecule has 1 atom stereocenters. The van der Waals surface area contributed by atoms with Gasteiger partial charge in [0.1, 0.15) is 16.5 Å². The molecule has 0 aliphatic rings. The molecule has 2 aromatic carbocycles. The third-order valence-corrected chi connectivity index (χ3v) is 5.05. The van der Waals surface area contributed by atoms with Crippen molar-refractivity contribution in [3.8, 4) is 11.5 Å². The van der Waals surface area contributed by atoms with Gasteiger partial charge in [-0.3, -0.25) is 10.1 Å². The molecule has 3 rings (SSSR count). The Morgan fingerprint density at radius 2 is 1.89 bits per heavy atom. The Bertz CT molecular complexity index is 912. The highest BCUT2D eigenvalue weighted by atomic mass is 32.1. The molecule has 0 saturated heterocycles. The normalized spacial score (nSPS) is 11.7. The van der Waals surface area contributed by atoms with Crippen molar-refractivity contribution in [2.24, 2.45) is 0 Å². The summed E-state index contributed by atoms with van der Waals surface area (Å²) in [7, 11) is 3.08. The number of aromatic nitrogens is 2. The van der Waals surface area contributed by atoms with Gasteiger partial charge < -0.3 is 9.47 Å². The molecule has 27 heavy (non-hydrogen) atoms. The van der Waals surface area contributed by atoms with E-state index >= 15 is 0 Å². The fourth-order valence-electron chi connectivity index (χ4n) is 2.70. The van der Waals surface area contributed by atoms with Crippen LogP contribution in [0.2, 0.25) is 0 Å². The number of methoxy groups -OCH3 is 2. The van der Waals surface area contributed by atoms with Crippen molar-refractivity contribution in [1.29, 1.82) is 0 Å². The molecule has 1 heterocycles. The second-order valence-corrected chi connectivity index (χ2v) is 7.10. The Labute approximate surface area is 162 Å². The van der Waals surface area contributed by atoms with E-state index < -0.39 is 0 Å². The molecule has 1 aromatic heterocycles. The number of anilines is 1. The largest absolute Gasteiger partial charge is 0.497 e. The Hall–Kier alpha value is -2.93. The first kappa shape index (κ1) is 18.8. The number of hydrogen-bond acceptors (Lipinski definition) is 6. The van der Waals surface area contributed by atoms with Crippen LogP contribution in [0.15, 0.2) is 48.5 Å². The topological polar surface area (TPSA) is 73.3 Å². The average Bonchev–Trinajstić information content (AvgIpc) is 3.14. The van der Waals surface area contributed by atoms with E-state index in [0.29, 0.717) is 28.1 Å². The number of hydrogen-bond donors (Lipinski definition) is 1. The highest BCUT2D eigenvalue weighted by Crippen LogP contribution is 2.27. The summed E-state index contributed by atoms with van der Waals surface area (Å²) in [5, 5.41) is 12.4. The maximum absolute atomic E-state index is 12.6. The number of ether oxygens (including phenoxy) is 2. The summed E-state index contributed by atoms with van der Waals surface area (Å²) in [5.74, 6) is 1.09. The monoisotopic (exact) mass is 383 g/mol. The molecule has 7 heteroatoms. The minimum atomic E-state index is -0.298. The predicted molar refractivity (Wildman–Crippen MR) is 106 cm³/mol. The quantitative estimate of drug-likeness (QED) is 0.663. The van der Waals surface area contributed by atoms with Gasteiger partial charge in [-0.25, -0.2) is 0 Å². The summed E-state index contributed by atoms with van der Waals surface area (Å²) in [6, 6.07) is 15.3. The summed E-state index contributed by atoms with van der Waals surface area (Å²) in [6.45, 7) is 2.15. The van der Waals surface area contributed by atoms with Crippen molar-refractivity contribution < 1.29 is 14.3 Å². The Morgan fingerprint density at radius 1 is 1.11 bits per heavy atom. The van der Waals surface area contributed by atoms with E-state index in [1.807, 2.05) is 18.2 Å². The second kappa shape index (κ2) is 8.64. The molecule has 0 spiro atoms. The van der Waals surface area contributed by atoms with Gasteiger partial charge in [-0.05, 0) is 23.6 Å². The van der Waals surface area contributed by atoms with E-state index in [0.717, 1.165) is 11.4 Å². The lowest BCUT2D eigenvalue weighted by atomic mass is 9.98. The van der Waals surface area contributed by atoms with Crippen LogP contribution in [0.5, 0.6) is 11.5 Å². The van der Waals surface area contributed by atoms with Gasteiger partial charge in [0.05, 0.1) is 19.8 Å². The molecular weight excluding hydrogens is 362 g/mol. The van der Waals surface area contributed by atoms with Crippen LogP contribution < -0.4 is 14.8 Å². The first-order valence-corrected chi connectivity index (χ1v) is 9.33. The highest BCUT2D eigenvalue weighted by molar-refractivity contribution is 7.15. The van der Waals surface area contributed by atoms with Crippen LogP contribution in [0.25, 0.3) is 0 Å². The maximum atomic E-state index is 12.6. The fraction of sp³-hybridized carbons (Fsp3) is 0.250. The minimum absolute atomic E-state index is 0.298. The molecule has 1 N–H and O–H groups in total. The van der Waals surface area contributed by atoms with Gasteiger partial charge in [-0.1, -0.05) is 48.6 Å². The van der Waals surface area contributed by atoms with Gasteiger partial charge in [-0.15, -0.1) is 10.2 Å². The van der Waals surface area contributed by atoms with Crippen LogP contribution in [0.1, 0.15) is 33.8 Å². The van der Waals surface area contributed by atoms with Crippen molar-refractivity contribution >= 4 is 22.4 Å². The van der Waals surface area contributed by atoms with Crippen molar-refractivity contribution in [3.05, 3.63) is 64.7 Å². The van der Waals surface area contributed by atoms with Gasteiger partial charge in [0.15, 0.2) is 0 Å². The van der Waals surface area contributed by atoms with E-state index in [2.05, 4.69) is 34.6 Å². The Morgan fingerprint density at radius 3 is 2.59 bits per heavy atom. The molecule has 0 aliphatic carbocycles. The summed E-state index contributed by atoms with van der Waals surface area (Å²) in [5.41, 5.74) is 1.66. The number of carbonyl (C=O) groups is 1. The fourth-order valence-corrected chi connectivity index (χ4v) is 3.56. The summed E-state index contributed by atoms with van der Waals surface area (Å²) in [6.07, 6.45) is 0.767. The molecule has 140 valence electrons. The van der Waals surface area contributed by atoms with Gasteiger partial charge in [0.25, 0.3) is 5.91 Å². The van der Waals surface area contributed by atoms with E-state index in [4.69, 9.17) is 9.47 Å². The van der Waals surface area contributed by atoms with Crippen LogP contribution in [-0.2, 0) is 6.42 Å². The Balaban J connectivity index is 1.68. The van der Waals surface area contributed by atoms with E-state index in [1.54, 1.807) is 25.3 Å². The smallest absolute Gasteiger partial charge is 0.261 e. The summed E-state index contributed by atoms with van der Waals surface area (Å²) < 4.78 is 10.4. The van der Waals surface area contributed by atoms with Crippen molar-refractivity contribution in [2.45, 2.75) is 19.3 Å². The molecular formula is C20H21N3O3S. The zero-order valence-electron chi connectivity index (χ0n) is 15.4. The van der Waals surface area contributed by atoms with E-state index in [-0.39, 0.29) is 5.91 Å². The van der Waals surface area contributed by atoms with Crippen LogP contribution in [0.4, 0.5) is 5.13 Å². The van der Waals surface area contributed by atoms with Gasteiger partial charge >= 0.3 is 0 Å². The first-order chi connectivity index (χ1) is 13.1. The zero-order chi connectivity index (χ0) is 19.2. The van der Waals surface area contributed by atoms with Crippen molar-refractivity contribution in [3.63, 3.8) is 0 Å². The number of amides is 1. The number of rotatable bonds is 7. The average molecular weight is 383 g/mol. The maximum Gasteiger partial charge on any atom is 0.261 e. The lowest BCUT2D eigenvalue weighted by molar-refractivity contribution is 0.102. The third-order valence-electron chi connectivity index (χ3n) is 4.19. The molecule has 0 unspecified atom stereocenters. The van der Waals surface area contributed by atoms with E-state index in [9.17, 15) is 4.79 Å². The molecule has 6 nitrogen and oxygen atoms in total. The van der Waals surface area contributed by atoms with Crippen LogP contribution in [-0.4, -0.2) is 30.3 Å². The summed E-state index contributed by atoms with van der Waals surface area (Å²) in [4.78, 5) is 12.6. The molecule has 3 aromatic rings. The lowest BCUT2D eigenvalue weighted by Gasteiger charge is -2.09. The predicted octanol–water partition coefficient (Wildman–Crippen LogP) is 4.15. The third kappa shape index (κ3) is 4.62. The molecule has 0 radical (unpaired) electrons. The zero-order valence-corrected chi connectivity index (χ0v) is 16.2. The van der Waals surface area contributed by atoms with Crippen LogP contribution >= 0.6 is 11.3 Å².